The predicted octanol–water partition coefficient (Wildman–Crippen LogP) is 4.26. The number of ether oxygens (including phenoxy) is 1. The summed E-state index contributed by atoms with van der Waals surface area (Å²) in [4.78, 5) is 26.5. The summed E-state index contributed by atoms with van der Waals surface area (Å²) < 4.78 is 5.09. The SMILES string of the molecule is CSc1ccc(C(=O)OCC(=O)Nc2sc3c(c2C#N)CC[C@@H](C)C3)cc1. The summed E-state index contributed by atoms with van der Waals surface area (Å²) in [5.41, 5.74) is 2.01. The van der Waals surface area contributed by atoms with E-state index in [0.29, 0.717) is 22.0 Å². The number of fused-ring (bicyclic) bond motifs is 1. The van der Waals surface area contributed by atoms with Crippen LogP contribution in [0.1, 0.15) is 39.7 Å². The van der Waals surface area contributed by atoms with E-state index in [-0.39, 0.29) is 6.61 Å². The minimum atomic E-state index is -0.544. The summed E-state index contributed by atoms with van der Waals surface area (Å²) in [6.45, 7) is 1.81. The molecule has 2 aromatic rings. The van der Waals surface area contributed by atoms with Crippen molar-refractivity contribution in [3.8, 4) is 6.07 Å². The molecule has 27 heavy (non-hydrogen) atoms. The van der Waals surface area contributed by atoms with Gasteiger partial charge in [-0.05, 0) is 61.3 Å². The van der Waals surface area contributed by atoms with E-state index in [2.05, 4.69) is 18.3 Å². The topological polar surface area (TPSA) is 79.2 Å². The Morgan fingerprint density at radius 1 is 1.37 bits per heavy atom. The number of nitrogens with zero attached hydrogens (tertiary/aromatic N) is 1. The Bertz CT molecular complexity index is 897. The number of nitrogens with one attached hydrogen (secondary N) is 1. The van der Waals surface area contributed by atoms with Crippen LogP contribution in [0.4, 0.5) is 5.00 Å². The normalized spacial score (nSPS) is 15.5. The van der Waals surface area contributed by atoms with E-state index in [1.807, 2.05) is 18.4 Å². The van der Waals surface area contributed by atoms with Gasteiger partial charge < -0.3 is 10.1 Å². The van der Waals surface area contributed by atoms with Gasteiger partial charge in [0, 0.05) is 9.77 Å². The standard InChI is InChI=1S/C20H20N2O3S2/c1-12-3-8-15-16(10-21)19(27-17(15)9-12)22-18(23)11-25-20(24)13-4-6-14(26-2)7-5-13/h4-7,12H,3,8-9,11H2,1-2H3,(H,22,23)/t12-/m1/s1. The molecule has 0 unspecified atom stereocenters. The zero-order valence-electron chi connectivity index (χ0n) is 15.2. The summed E-state index contributed by atoms with van der Waals surface area (Å²) in [6, 6.07) is 9.22. The monoisotopic (exact) mass is 400 g/mol. The molecule has 0 fully saturated rings. The van der Waals surface area contributed by atoms with Gasteiger partial charge in [0.05, 0.1) is 11.1 Å². The van der Waals surface area contributed by atoms with Crippen molar-refractivity contribution in [3.05, 3.63) is 45.8 Å². The molecule has 1 N–H and O–H groups in total. The fraction of sp³-hybridized carbons (Fsp3) is 0.350. The van der Waals surface area contributed by atoms with Crippen molar-refractivity contribution in [3.63, 3.8) is 0 Å². The Kier molecular flexibility index (Phi) is 6.19. The Morgan fingerprint density at radius 3 is 2.78 bits per heavy atom. The molecule has 0 aliphatic heterocycles. The molecule has 1 atom stereocenters. The van der Waals surface area contributed by atoms with Gasteiger partial charge in [-0.1, -0.05) is 6.92 Å². The highest BCUT2D eigenvalue weighted by Gasteiger charge is 2.24. The number of nitriles is 1. The fourth-order valence-electron chi connectivity index (χ4n) is 3.06. The molecule has 140 valence electrons. The molecule has 1 aliphatic rings. The van der Waals surface area contributed by atoms with Gasteiger partial charge in [-0.25, -0.2) is 4.79 Å². The number of benzene rings is 1. The molecule has 1 aromatic heterocycles. The van der Waals surface area contributed by atoms with Crippen molar-refractivity contribution in [2.45, 2.75) is 31.1 Å². The van der Waals surface area contributed by atoms with Gasteiger partial charge in [0.15, 0.2) is 6.61 Å². The van der Waals surface area contributed by atoms with E-state index >= 15 is 0 Å². The lowest BCUT2D eigenvalue weighted by atomic mass is 9.89. The van der Waals surface area contributed by atoms with E-state index < -0.39 is 11.9 Å². The highest BCUT2D eigenvalue weighted by atomic mass is 32.2. The molecule has 5 nitrogen and oxygen atoms in total. The third-order valence-electron chi connectivity index (χ3n) is 4.54. The maximum absolute atomic E-state index is 12.2. The highest BCUT2D eigenvalue weighted by molar-refractivity contribution is 7.98. The molecule has 1 amide bonds. The molecule has 1 aliphatic carbocycles. The summed E-state index contributed by atoms with van der Waals surface area (Å²) in [5, 5.41) is 12.8. The number of carbonyl (C=O) groups is 2. The van der Waals surface area contributed by atoms with E-state index in [0.717, 1.165) is 29.7 Å². The molecule has 0 radical (unpaired) electrons. The molecule has 0 saturated heterocycles. The summed E-state index contributed by atoms with van der Waals surface area (Å²) in [7, 11) is 0. The second kappa shape index (κ2) is 8.59. The maximum Gasteiger partial charge on any atom is 0.338 e. The summed E-state index contributed by atoms with van der Waals surface area (Å²) in [5.74, 6) is -0.394. The number of thiophene rings is 1. The van der Waals surface area contributed by atoms with Gasteiger partial charge in [0.1, 0.15) is 11.1 Å². The van der Waals surface area contributed by atoms with Gasteiger partial charge in [-0.15, -0.1) is 23.1 Å². The maximum atomic E-state index is 12.2. The lowest BCUT2D eigenvalue weighted by Crippen LogP contribution is -2.20. The molecular weight excluding hydrogens is 380 g/mol. The first-order valence-corrected chi connectivity index (χ1v) is 10.7. The number of hydrogen-bond acceptors (Lipinski definition) is 6. The highest BCUT2D eigenvalue weighted by Crippen LogP contribution is 2.39. The number of carbonyl (C=O) groups excluding carboxylic acids is 2. The zero-order valence-corrected chi connectivity index (χ0v) is 16.8. The smallest absolute Gasteiger partial charge is 0.338 e. The van der Waals surface area contributed by atoms with Gasteiger partial charge in [-0.2, -0.15) is 5.26 Å². The van der Waals surface area contributed by atoms with Gasteiger partial charge in [-0.3, -0.25) is 4.79 Å². The van der Waals surface area contributed by atoms with Crippen LogP contribution in [-0.2, 0) is 22.4 Å². The second-order valence-corrected chi connectivity index (χ2v) is 8.51. The van der Waals surface area contributed by atoms with Crippen molar-refractivity contribution in [1.82, 2.24) is 0 Å². The van der Waals surface area contributed by atoms with Crippen LogP contribution in [0.3, 0.4) is 0 Å². The average Bonchev–Trinajstić information content (AvgIpc) is 3.01. The lowest BCUT2D eigenvalue weighted by molar-refractivity contribution is -0.119. The predicted molar refractivity (Wildman–Crippen MR) is 107 cm³/mol. The molecule has 0 bridgehead atoms. The van der Waals surface area contributed by atoms with Crippen LogP contribution in [0.5, 0.6) is 0 Å². The Morgan fingerprint density at radius 2 is 2.11 bits per heavy atom. The largest absolute Gasteiger partial charge is 0.452 e. The van der Waals surface area contributed by atoms with Crippen molar-refractivity contribution < 1.29 is 14.3 Å². The summed E-state index contributed by atoms with van der Waals surface area (Å²) in [6.07, 6.45) is 4.81. The number of esters is 1. The van der Waals surface area contributed by atoms with Crippen LogP contribution in [0.15, 0.2) is 29.2 Å². The first kappa shape index (κ1) is 19.5. The average molecular weight is 401 g/mol. The second-order valence-electron chi connectivity index (χ2n) is 6.52. The number of hydrogen-bond donors (Lipinski definition) is 1. The summed E-state index contributed by atoms with van der Waals surface area (Å²) >= 11 is 3.04. The van der Waals surface area contributed by atoms with Crippen molar-refractivity contribution in [2.75, 3.05) is 18.2 Å². The molecule has 3 rings (SSSR count). The molecule has 7 heteroatoms. The Balaban J connectivity index is 1.61. The minimum Gasteiger partial charge on any atom is -0.452 e. The van der Waals surface area contributed by atoms with Gasteiger partial charge >= 0.3 is 5.97 Å². The van der Waals surface area contributed by atoms with E-state index in [4.69, 9.17) is 4.74 Å². The number of rotatable bonds is 5. The Labute approximate surface area is 166 Å². The zero-order chi connectivity index (χ0) is 19.4. The van der Waals surface area contributed by atoms with Crippen molar-refractivity contribution >= 4 is 40.0 Å². The Hall–Kier alpha value is -2.30. The van der Waals surface area contributed by atoms with E-state index in [1.54, 1.807) is 23.9 Å². The number of anilines is 1. The van der Waals surface area contributed by atoms with Crippen LogP contribution >= 0.6 is 23.1 Å². The van der Waals surface area contributed by atoms with E-state index in [9.17, 15) is 14.9 Å². The first-order chi connectivity index (χ1) is 13.0. The number of thioether (sulfide) groups is 1. The van der Waals surface area contributed by atoms with Crippen LogP contribution in [-0.4, -0.2) is 24.7 Å². The van der Waals surface area contributed by atoms with Crippen molar-refractivity contribution in [1.29, 1.82) is 5.26 Å². The fourth-order valence-corrected chi connectivity index (χ4v) is 4.85. The van der Waals surface area contributed by atoms with Crippen LogP contribution in [0.25, 0.3) is 0 Å². The molecule has 0 spiro atoms. The van der Waals surface area contributed by atoms with Gasteiger partial charge in [0.2, 0.25) is 0 Å². The molecular formula is C20H20N2O3S2. The quantitative estimate of drug-likeness (QED) is 0.599. The third kappa shape index (κ3) is 4.52. The van der Waals surface area contributed by atoms with Gasteiger partial charge in [0.25, 0.3) is 5.91 Å². The van der Waals surface area contributed by atoms with Crippen LogP contribution in [0.2, 0.25) is 0 Å². The number of amides is 1. The molecule has 1 heterocycles. The van der Waals surface area contributed by atoms with Crippen LogP contribution < -0.4 is 5.32 Å². The minimum absolute atomic E-state index is 0.382. The molecule has 0 saturated carbocycles. The van der Waals surface area contributed by atoms with E-state index in [1.165, 1.54) is 16.2 Å². The third-order valence-corrected chi connectivity index (χ3v) is 6.45. The first-order valence-electron chi connectivity index (χ1n) is 8.67. The molecule has 1 aromatic carbocycles. The van der Waals surface area contributed by atoms with Crippen LogP contribution in [0, 0.1) is 17.2 Å². The lowest BCUT2D eigenvalue weighted by Gasteiger charge is -2.17. The van der Waals surface area contributed by atoms with Crippen molar-refractivity contribution in [2.24, 2.45) is 5.92 Å².